The van der Waals surface area contributed by atoms with E-state index in [-0.39, 0.29) is 5.54 Å². The zero-order valence-corrected chi connectivity index (χ0v) is 12.2. The Morgan fingerprint density at radius 1 is 1.18 bits per heavy atom. The van der Waals surface area contributed by atoms with E-state index in [1.54, 1.807) is 0 Å². The lowest BCUT2D eigenvalue weighted by Crippen LogP contribution is -2.54. The van der Waals surface area contributed by atoms with Crippen LogP contribution in [0.3, 0.4) is 0 Å². The van der Waals surface area contributed by atoms with Crippen LogP contribution in [0.25, 0.3) is 0 Å². The number of nitrogens with zero attached hydrogens (tertiary/aromatic N) is 1. The van der Waals surface area contributed by atoms with Gasteiger partial charge >= 0.3 is 0 Å². The SMILES string of the molecule is CCCCCC(C)(CN)N(C)C1CCCCC1. The van der Waals surface area contributed by atoms with Crippen LogP contribution in [0.1, 0.15) is 71.6 Å². The van der Waals surface area contributed by atoms with Gasteiger partial charge in [0.15, 0.2) is 0 Å². The Bertz CT molecular complexity index is 199. The van der Waals surface area contributed by atoms with Crippen LogP contribution in [-0.4, -0.2) is 30.1 Å². The van der Waals surface area contributed by atoms with E-state index in [1.165, 1.54) is 57.8 Å². The zero-order valence-electron chi connectivity index (χ0n) is 12.2. The molecule has 1 rings (SSSR count). The van der Waals surface area contributed by atoms with Crippen LogP contribution in [0.5, 0.6) is 0 Å². The summed E-state index contributed by atoms with van der Waals surface area (Å²) < 4.78 is 0. The van der Waals surface area contributed by atoms with Crippen molar-refractivity contribution in [1.29, 1.82) is 0 Å². The van der Waals surface area contributed by atoms with E-state index in [1.807, 2.05) is 0 Å². The first-order valence-electron chi connectivity index (χ1n) is 7.57. The van der Waals surface area contributed by atoms with E-state index < -0.39 is 0 Å². The fourth-order valence-electron chi connectivity index (χ4n) is 3.09. The molecule has 0 amide bonds. The average Bonchev–Trinajstić information content (AvgIpc) is 2.39. The van der Waals surface area contributed by atoms with Crippen molar-refractivity contribution in [2.45, 2.75) is 83.2 Å². The largest absolute Gasteiger partial charge is 0.329 e. The van der Waals surface area contributed by atoms with Gasteiger partial charge in [0.25, 0.3) is 0 Å². The Morgan fingerprint density at radius 3 is 2.35 bits per heavy atom. The number of unbranched alkanes of at least 4 members (excludes halogenated alkanes) is 2. The highest BCUT2D eigenvalue weighted by atomic mass is 15.2. The highest BCUT2D eigenvalue weighted by Gasteiger charge is 2.32. The molecular weight excluding hydrogens is 208 g/mol. The highest BCUT2D eigenvalue weighted by molar-refractivity contribution is 4.90. The Balaban J connectivity index is 2.50. The maximum Gasteiger partial charge on any atom is 0.0303 e. The van der Waals surface area contributed by atoms with Crippen LogP contribution in [0.15, 0.2) is 0 Å². The molecule has 2 nitrogen and oxygen atoms in total. The number of rotatable bonds is 7. The van der Waals surface area contributed by atoms with Crippen LogP contribution in [-0.2, 0) is 0 Å². The quantitative estimate of drug-likeness (QED) is 0.690. The first-order chi connectivity index (χ1) is 8.14. The lowest BCUT2D eigenvalue weighted by molar-refractivity contribution is 0.0619. The second-order valence-corrected chi connectivity index (χ2v) is 6.06. The van der Waals surface area contributed by atoms with Crippen molar-refractivity contribution < 1.29 is 0 Å². The second kappa shape index (κ2) is 7.38. The second-order valence-electron chi connectivity index (χ2n) is 6.06. The molecule has 1 atom stereocenters. The minimum atomic E-state index is 0.219. The number of likely N-dealkylation sites (N-methyl/N-ethyl adjacent to an activating group) is 1. The average molecular weight is 240 g/mol. The molecule has 0 heterocycles. The molecule has 17 heavy (non-hydrogen) atoms. The number of hydrogen-bond acceptors (Lipinski definition) is 2. The summed E-state index contributed by atoms with van der Waals surface area (Å²) in [5.74, 6) is 0. The maximum absolute atomic E-state index is 6.06. The van der Waals surface area contributed by atoms with Crippen molar-refractivity contribution in [2.75, 3.05) is 13.6 Å². The maximum atomic E-state index is 6.06. The molecule has 0 aliphatic heterocycles. The summed E-state index contributed by atoms with van der Waals surface area (Å²) in [5, 5.41) is 0. The number of hydrogen-bond donors (Lipinski definition) is 1. The Labute approximate surface area is 108 Å². The third-order valence-corrected chi connectivity index (χ3v) is 4.73. The summed E-state index contributed by atoms with van der Waals surface area (Å²) >= 11 is 0. The van der Waals surface area contributed by atoms with Crippen LogP contribution in [0, 0.1) is 0 Å². The molecule has 2 heteroatoms. The van der Waals surface area contributed by atoms with E-state index >= 15 is 0 Å². The van der Waals surface area contributed by atoms with Crippen LogP contribution in [0.2, 0.25) is 0 Å². The van der Waals surface area contributed by atoms with E-state index in [0.29, 0.717) is 0 Å². The van der Waals surface area contributed by atoms with Gasteiger partial charge in [0, 0.05) is 18.1 Å². The monoisotopic (exact) mass is 240 g/mol. The van der Waals surface area contributed by atoms with Gasteiger partial charge in [-0.2, -0.15) is 0 Å². The minimum Gasteiger partial charge on any atom is -0.329 e. The summed E-state index contributed by atoms with van der Waals surface area (Å²) in [6.45, 7) is 5.42. The van der Waals surface area contributed by atoms with Crippen molar-refractivity contribution in [3.05, 3.63) is 0 Å². The number of nitrogens with two attached hydrogens (primary N) is 1. The van der Waals surface area contributed by atoms with E-state index in [4.69, 9.17) is 5.73 Å². The van der Waals surface area contributed by atoms with Gasteiger partial charge in [-0.05, 0) is 33.2 Å². The van der Waals surface area contributed by atoms with Crippen molar-refractivity contribution in [2.24, 2.45) is 5.73 Å². The van der Waals surface area contributed by atoms with Crippen LogP contribution >= 0.6 is 0 Å². The molecule has 1 aliphatic carbocycles. The molecule has 0 aromatic carbocycles. The molecule has 0 aromatic rings. The van der Waals surface area contributed by atoms with Gasteiger partial charge in [0.2, 0.25) is 0 Å². The molecule has 0 aromatic heterocycles. The van der Waals surface area contributed by atoms with Gasteiger partial charge < -0.3 is 5.73 Å². The summed E-state index contributed by atoms with van der Waals surface area (Å²) in [5.41, 5.74) is 6.27. The Hall–Kier alpha value is -0.0800. The van der Waals surface area contributed by atoms with Gasteiger partial charge in [-0.15, -0.1) is 0 Å². The van der Waals surface area contributed by atoms with Crippen molar-refractivity contribution in [1.82, 2.24) is 4.90 Å². The van der Waals surface area contributed by atoms with E-state index in [9.17, 15) is 0 Å². The molecule has 1 fully saturated rings. The van der Waals surface area contributed by atoms with Crippen molar-refractivity contribution >= 4 is 0 Å². The molecule has 2 N–H and O–H groups in total. The summed E-state index contributed by atoms with van der Waals surface area (Å²) in [4.78, 5) is 2.60. The molecule has 0 saturated heterocycles. The van der Waals surface area contributed by atoms with Gasteiger partial charge in [-0.3, -0.25) is 4.90 Å². The summed E-state index contributed by atoms with van der Waals surface area (Å²) in [7, 11) is 2.30. The molecule has 0 radical (unpaired) electrons. The highest BCUT2D eigenvalue weighted by Crippen LogP contribution is 2.29. The molecule has 1 unspecified atom stereocenters. The van der Waals surface area contributed by atoms with Gasteiger partial charge in [-0.25, -0.2) is 0 Å². The molecule has 0 spiro atoms. The van der Waals surface area contributed by atoms with Gasteiger partial charge in [0.1, 0.15) is 0 Å². The normalized spacial score (nSPS) is 21.7. The third kappa shape index (κ3) is 4.26. The molecule has 0 bridgehead atoms. The smallest absolute Gasteiger partial charge is 0.0303 e. The summed E-state index contributed by atoms with van der Waals surface area (Å²) in [6, 6.07) is 0.777. The topological polar surface area (TPSA) is 29.3 Å². The van der Waals surface area contributed by atoms with Crippen LogP contribution in [0.4, 0.5) is 0 Å². The molecule has 1 aliphatic rings. The van der Waals surface area contributed by atoms with Crippen molar-refractivity contribution in [3.63, 3.8) is 0 Å². The van der Waals surface area contributed by atoms with Gasteiger partial charge in [-0.1, -0.05) is 45.4 Å². The van der Waals surface area contributed by atoms with Crippen LogP contribution < -0.4 is 5.73 Å². The van der Waals surface area contributed by atoms with Crippen molar-refractivity contribution in [3.8, 4) is 0 Å². The molecule has 102 valence electrons. The molecule has 1 saturated carbocycles. The first-order valence-corrected chi connectivity index (χ1v) is 7.57. The standard InChI is InChI=1S/C15H32N2/c1-4-5-9-12-15(2,13-16)17(3)14-10-7-6-8-11-14/h14H,4-13,16H2,1-3H3. The predicted octanol–water partition coefficient (Wildman–Crippen LogP) is 3.55. The Kier molecular flexibility index (Phi) is 6.50. The zero-order chi connectivity index (χ0) is 12.7. The van der Waals surface area contributed by atoms with Gasteiger partial charge in [0.05, 0.1) is 0 Å². The fourth-order valence-corrected chi connectivity index (χ4v) is 3.09. The summed E-state index contributed by atoms with van der Waals surface area (Å²) in [6.07, 6.45) is 12.2. The lowest BCUT2D eigenvalue weighted by atomic mass is 9.87. The predicted molar refractivity (Wildman–Crippen MR) is 76.2 cm³/mol. The minimum absolute atomic E-state index is 0.219. The lowest BCUT2D eigenvalue weighted by Gasteiger charge is -2.44. The fraction of sp³-hybridized carbons (Fsp3) is 1.00. The molecular formula is C15H32N2. The van der Waals surface area contributed by atoms with E-state index in [2.05, 4.69) is 25.8 Å². The third-order valence-electron chi connectivity index (χ3n) is 4.73. The van der Waals surface area contributed by atoms with E-state index in [0.717, 1.165) is 12.6 Å². The Morgan fingerprint density at radius 2 is 1.82 bits per heavy atom. The first kappa shape index (κ1) is 15.0.